The van der Waals surface area contributed by atoms with E-state index in [9.17, 15) is 9.18 Å². The number of aromatic amines is 1. The fraction of sp³-hybridized carbons (Fsp3) is 0.211. The van der Waals surface area contributed by atoms with E-state index in [1.54, 1.807) is 29.5 Å². The molecular formula is C19H17FN4OS2. The van der Waals surface area contributed by atoms with Gasteiger partial charge in [0.05, 0.1) is 6.54 Å². The molecular weight excluding hydrogens is 383 g/mol. The van der Waals surface area contributed by atoms with Crippen LogP contribution in [0.15, 0.2) is 42.5 Å². The normalized spacial score (nSPS) is 14.0. The number of hydrogen-bond acceptors (Lipinski definition) is 4. The molecule has 2 N–H and O–H groups in total. The summed E-state index contributed by atoms with van der Waals surface area (Å²) >= 11 is 6.77. The fourth-order valence-corrected chi connectivity index (χ4v) is 3.98. The van der Waals surface area contributed by atoms with Crippen molar-refractivity contribution < 1.29 is 9.18 Å². The molecule has 2 heterocycles. The van der Waals surface area contributed by atoms with Gasteiger partial charge in [0.1, 0.15) is 5.82 Å². The van der Waals surface area contributed by atoms with Crippen LogP contribution in [0.25, 0.3) is 16.5 Å². The van der Waals surface area contributed by atoms with Crippen LogP contribution in [0.1, 0.15) is 29.6 Å². The molecule has 1 aromatic carbocycles. The average molecular weight is 401 g/mol. The molecule has 1 amide bonds. The van der Waals surface area contributed by atoms with Crippen LogP contribution in [0.3, 0.4) is 0 Å². The number of nitrogens with one attached hydrogen (secondary N) is 2. The molecule has 4 rings (SSSR count). The largest absolute Gasteiger partial charge is 0.345 e. The maximum absolute atomic E-state index is 13.0. The molecule has 5 nitrogen and oxygen atoms in total. The van der Waals surface area contributed by atoms with E-state index in [-0.39, 0.29) is 11.7 Å². The summed E-state index contributed by atoms with van der Waals surface area (Å²) in [5, 5.41) is 9.82. The molecule has 0 radical (unpaired) electrons. The molecule has 8 heteroatoms. The van der Waals surface area contributed by atoms with Crippen molar-refractivity contribution in [1.29, 1.82) is 0 Å². The van der Waals surface area contributed by atoms with Gasteiger partial charge in [0, 0.05) is 21.9 Å². The third-order valence-electron chi connectivity index (χ3n) is 4.26. The Bertz CT molecular complexity index is 1040. The van der Waals surface area contributed by atoms with Crippen molar-refractivity contribution >= 4 is 35.5 Å². The van der Waals surface area contributed by atoms with Crippen molar-refractivity contribution in [2.45, 2.75) is 25.4 Å². The van der Waals surface area contributed by atoms with E-state index in [1.165, 1.54) is 18.2 Å². The van der Waals surface area contributed by atoms with Crippen LogP contribution >= 0.6 is 23.6 Å². The molecule has 0 atom stereocenters. The van der Waals surface area contributed by atoms with Gasteiger partial charge in [0.15, 0.2) is 10.6 Å². The molecule has 0 unspecified atom stereocenters. The number of amides is 1. The lowest BCUT2D eigenvalue weighted by molar-refractivity contribution is -0.116. The van der Waals surface area contributed by atoms with Gasteiger partial charge in [-0.25, -0.2) is 4.39 Å². The van der Waals surface area contributed by atoms with E-state index < -0.39 is 0 Å². The summed E-state index contributed by atoms with van der Waals surface area (Å²) in [6.07, 6.45) is 5.47. The highest BCUT2D eigenvalue weighted by molar-refractivity contribution is 7.71. The van der Waals surface area contributed by atoms with Crippen molar-refractivity contribution in [2.24, 2.45) is 0 Å². The van der Waals surface area contributed by atoms with Gasteiger partial charge < -0.3 is 5.32 Å². The zero-order valence-corrected chi connectivity index (χ0v) is 15.9. The summed E-state index contributed by atoms with van der Waals surface area (Å²) in [4.78, 5) is 14.1. The number of nitrogens with zero attached hydrogens (tertiary/aromatic N) is 2. The molecule has 3 aromatic rings. The molecule has 1 aliphatic carbocycles. The second-order valence-electron chi connectivity index (χ2n) is 6.31. The highest BCUT2D eigenvalue weighted by Crippen LogP contribution is 2.35. The molecule has 1 aliphatic rings. The zero-order valence-electron chi connectivity index (χ0n) is 14.3. The van der Waals surface area contributed by atoms with Crippen molar-refractivity contribution in [1.82, 2.24) is 20.1 Å². The van der Waals surface area contributed by atoms with Crippen LogP contribution in [0, 0.1) is 10.6 Å². The smallest absolute Gasteiger partial charge is 0.244 e. The fourth-order valence-electron chi connectivity index (χ4n) is 2.77. The van der Waals surface area contributed by atoms with Crippen LogP contribution in [-0.4, -0.2) is 20.7 Å². The summed E-state index contributed by atoms with van der Waals surface area (Å²) in [5.74, 6) is 0.303. The van der Waals surface area contributed by atoms with Crippen molar-refractivity contribution in [3.8, 4) is 10.4 Å². The Morgan fingerprint density at radius 1 is 1.33 bits per heavy atom. The van der Waals surface area contributed by atoms with Gasteiger partial charge in [0.25, 0.3) is 0 Å². The molecule has 0 saturated heterocycles. The molecule has 27 heavy (non-hydrogen) atoms. The van der Waals surface area contributed by atoms with Crippen LogP contribution in [0.2, 0.25) is 0 Å². The Hall–Kier alpha value is -2.58. The SMILES string of the molecule is O=C(/C=C/c1ccc(-c2ccc(F)cc2)s1)NCc1n[nH]c(=S)n1C1CC1. The van der Waals surface area contributed by atoms with E-state index >= 15 is 0 Å². The number of H-pyrrole nitrogens is 1. The summed E-state index contributed by atoms with van der Waals surface area (Å²) in [6.45, 7) is 0.331. The average Bonchev–Trinajstić information content (AvgIpc) is 3.26. The Morgan fingerprint density at radius 2 is 2.11 bits per heavy atom. The standard InChI is InChI=1S/C19H17FN4OS2/c20-13-3-1-12(2-4-13)16-9-7-15(27-16)8-10-18(25)21-11-17-22-23-19(26)24(17)14-5-6-14/h1-4,7-10,14H,5-6,11H2,(H,21,25)(H,23,26)/b10-8+. The number of benzene rings is 1. The van der Waals surface area contributed by atoms with Crippen LogP contribution in [0.4, 0.5) is 4.39 Å². The minimum Gasteiger partial charge on any atom is -0.345 e. The highest BCUT2D eigenvalue weighted by Gasteiger charge is 2.27. The van der Waals surface area contributed by atoms with Crippen LogP contribution < -0.4 is 5.32 Å². The second-order valence-corrected chi connectivity index (χ2v) is 7.81. The Kier molecular flexibility index (Phi) is 5.00. The van der Waals surface area contributed by atoms with E-state index in [0.29, 0.717) is 17.4 Å². The zero-order chi connectivity index (χ0) is 18.8. The third kappa shape index (κ3) is 4.23. The quantitative estimate of drug-likeness (QED) is 0.474. The number of carbonyl (C=O) groups excluding carboxylic acids is 1. The number of thiophene rings is 1. The lowest BCUT2D eigenvalue weighted by Crippen LogP contribution is -2.22. The van der Waals surface area contributed by atoms with Crippen LogP contribution in [0.5, 0.6) is 0 Å². The lowest BCUT2D eigenvalue weighted by atomic mass is 10.2. The predicted octanol–water partition coefficient (Wildman–Crippen LogP) is 4.47. The molecule has 0 spiro atoms. The van der Waals surface area contributed by atoms with Gasteiger partial charge in [-0.15, -0.1) is 11.3 Å². The molecule has 1 saturated carbocycles. The molecule has 0 aliphatic heterocycles. The highest BCUT2D eigenvalue weighted by atomic mass is 32.1. The molecule has 138 valence electrons. The van der Waals surface area contributed by atoms with Gasteiger partial charge in [-0.05, 0) is 61.0 Å². The lowest BCUT2D eigenvalue weighted by Gasteiger charge is -2.05. The number of halogens is 1. The Labute approximate surface area is 164 Å². The van der Waals surface area contributed by atoms with Gasteiger partial charge in [-0.3, -0.25) is 14.5 Å². The first-order valence-electron chi connectivity index (χ1n) is 8.57. The second kappa shape index (κ2) is 7.58. The van der Waals surface area contributed by atoms with E-state index in [1.807, 2.05) is 16.7 Å². The first kappa shape index (κ1) is 17.8. The van der Waals surface area contributed by atoms with Gasteiger partial charge in [0.2, 0.25) is 5.91 Å². The monoisotopic (exact) mass is 400 g/mol. The number of hydrogen-bond donors (Lipinski definition) is 2. The third-order valence-corrected chi connectivity index (χ3v) is 5.65. The van der Waals surface area contributed by atoms with E-state index in [0.717, 1.165) is 34.0 Å². The van der Waals surface area contributed by atoms with Gasteiger partial charge >= 0.3 is 0 Å². The van der Waals surface area contributed by atoms with Crippen molar-refractivity contribution in [2.75, 3.05) is 0 Å². The molecule has 2 aromatic heterocycles. The first-order chi connectivity index (χ1) is 13.1. The predicted molar refractivity (Wildman–Crippen MR) is 106 cm³/mol. The Balaban J connectivity index is 1.36. The number of aromatic nitrogens is 3. The number of carbonyl (C=O) groups is 1. The summed E-state index contributed by atoms with van der Waals surface area (Å²) in [6, 6.07) is 10.7. The maximum Gasteiger partial charge on any atom is 0.244 e. The van der Waals surface area contributed by atoms with E-state index in [4.69, 9.17) is 12.2 Å². The minimum absolute atomic E-state index is 0.192. The summed E-state index contributed by atoms with van der Waals surface area (Å²) in [5.41, 5.74) is 0.952. The first-order valence-corrected chi connectivity index (χ1v) is 9.80. The molecule has 1 fully saturated rings. The van der Waals surface area contributed by atoms with Gasteiger partial charge in [-0.2, -0.15) is 5.10 Å². The minimum atomic E-state index is -0.254. The molecule has 0 bridgehead atoms. The maximum atomic E-state index is 13.0. The van der Waals surface area contributed by atoms with Crippen molar-refractivity contribution in [3.63, 3.8) is 0 Å². The van der Waals surface area contributed by atoms with E-state index in [2.05, 4.69) is 15.5 Å². The van der Waals surface area contributed by atoms with Gasteiger partial charge in [-0.1, -0.05) is 12.1 Å². The number of rotatable bonds is 6. The topological polar surface area (TPSA) is 62.7 Å². The van der Waals surface area contributed by atoms with Crippen LogP contribution in [-0.2, 0) is 11.3 Å². The summed E-state index contributed by atoms with van der Waals surface area (Å²) in [7, 11) is 0. The summed E-state index contributed by atoms with van der Waals surface area (Å²) < 4.78 is 15.6. The van der Waals surface area contributed by atoms with Crippen molar-refractivity contribution in [3.05, 3.63) is 63.8 Å². The Morgan fingerprint density at radius 3 is 2.85 bits per heavy atom.